The Hall–Kier alpha value is -2.80. The monoisotopic (exact) mass is 401 g/mol. The minimum Gasteiger partial charge on any atom is -0.494 e. The maximum Gasteiger partial charge on any atom is 0.268 e. The fraction of sp³-hybridized carbons (Fsp3) is 0.286. The lowest BCUT2D eigenvalue weighted by molar-refractivity contribution is -0.124. The quantitative estimate of drug-likeness (QED) is 0.712. The van der Waals surface area contributed by atoms with E-state index in [9.17, 15) is 13.2 Å². The molecule has 0 saturated carbocycles. The molecule has 0 N–H and O–H groups in total. The lowest BCUT2D eigenvalue weighted by Gasteiger charge is -2.30. The van der Waals surface area contributed by atoms with Crippen molar-refractivity contribution in [3.05, 3.63) is 66.1 Å². The molecule has 2 aromatic rings. The van der Waals surface area contributed by atoms with E-state index in [1.165, 1.54) is 4.90 Å². The highest BCUT2D eigenvalue weighted by Crippen LogP contribution is 2.26. The molecule has 0 spiro atoms. The lowest BCUT2D eigenvalue weighted by atomic mass is 10.1. The molecule has 28 heavy (non-hydrogen) atoms. The number of carbonyl (C=O) groups is 1. The van der Waals surface area contributed by atoms with Gasteiger partial charge in [0.05, 0.1) is 18.4 Å². The number of hydrogen-bond acceptors (Lipinski definition) is 5. The Morgan fingerprint density at radius 3 is 2.36 bits per heavy atom. The minimum atomic E-state index is -3.32. The summed E-state index contributed by atoms with van der Waals surface area (Å²) in [5.41, 5.74) is 0.587. The van der Waals surface area contributed by atoms with Crippen LogP contribution in [0.15, 0.2) is 66.1 Å². The number of sulfone groups is 1. The van der Waals surface area contributed by atoms with Gasteiger partial charge in [-0.1, -0.05) is 18.2 Å². The Bertz CT molecular complexity index is 939. The van der Waals surface area contributed by atoms with Gasteiger partial charge in [0.2, 0.25) is 0 Å². The molecule has 0 saturated heterocycles. The van der Waals surface area contributed by atoms with Gasteiger partial charge in [-0.3, -0.25) is 4.79 Å². The topological polar surface area (TPSA) is 72.9 Å². The third kappa shape index (κ3) is 4.72. The average molecular weight is 401 g/mol. The van der Waals surface area contributed by atoms with E-state index in [1.54, 1.807) is 49.4 Å². The number of nitrogens with zero attached hydrogens (tertiary/aromatic N) is 1. The normalized spacial score (nSPS) is 18.4. The molecule has 7 heteroatoms. The highest BCUT2D eigenvalue weighted by atomic mass is 32.2. The second-order valence-corrected chi connectivity index (χ2v) is 8.36. The van der Waals surface area contributed by atoms with Crippen LogP contribution in [0.5, 0.6) is 11.5 Å². The van der Waals surface area contributed by atoms with Gasteiger partial charge in [0.25, 0.3) is 5.91 Å². The van der Waals surface area contributed by atoms with Crippen molar-refractivity contribution in [2.24, 2.45) is 0 Å². The predicted molar refractivity (Wildman–Crippen MR) is 108 cm³/mol. The van der Waals surface area contributed by atoms with Crippen molar-refractivity contribution in [1.82, 2.24) is 0 Å². The van der Waals surface area contributed by atoms with Crippen molar-refractivity contribution in [2.45, 2.75) is 26.0 Å². The zero-order valence-electron chi connectivity index (χ0n) is 15.8. The number of amides is 1. The van der Waals surface area contributed by atoms with Gasteiger partial charge < -0.3 is 14.4 Å². The van der Waals surface area contributed by atoms with Gasteiger partial charge in [0, 0.05) is 11.1 Å². The number of para-hydroxylation sites is 1. The van der Waals surface area contributed by atoms with Crippen LogP contribution in [0, 0.1) is 0 Å². The van der Waals surface area contributed by atoms with Gasteiger partial charge in [-0.05, 0) is 56.3 Å². The molecule has 148 valence electrons. The summed E-state index contributed by atoms with van der Waals surface area (Å²) in [6, 6.07) is 15.5. The van der Waals surface area contributed by atoms with Crippen molar-refractivity contribution in [1.29, 1.82) is 0 Å². The molecule has 1 heterocycles. The maximum atomic E-state index is 13.2. The van der Waals surface area contributed by atoms with E-state index in [4.69, 9.17) is 9.47 Å². The zero-order valence-corrected chi connectivity index (χ0v) is 16.6. The molecule has 2 atom stereocenters. The van der Waals surface area contributed by atoms with E-state index in [0.717, 1.165) is 5.41 Å². The first-order valence-corrected chi connectivity index (χ1v) is 10.8. The van der Waals surface area contributed by atoms with Crippen LogP contribution < -0.4 is 14.4 Å². The van der Waals surface area contributed by atoms with E-state index in [-0.39, 0.29) is 11.7 Å². The Morgan fingerprint density at radius 1 is 1.11 bits per heavy atom. The summed E-state index contributed by atoms with van der Waals surface area (Å²) in [4.78, 5) is 14.7. The number of benzene rings is 2. The molecule has 0 fully saturated rings. The molecule has 0 bridgehead atoms. The molecule has 0 radical (unpaired) electrons. The van der Waals surface area contributed by atoms with Crippen molar-refractivity contribution < 1.29 is 22.7 Å². The van der Waals surface area contributed by atoms with Crippen molar-refractivity contribution in [2.75, 3.05) is 17.3 Å². The van der Waals surface area contributed by atoms with Gasteiger partial charge >= 0.3 is 0 Å². The molecule has 2 aromatic carbocycles. The Balaban J connectivity index is 1.87. The number of hydrogen-bond donors (Lipinski definition) is 0. The highest BCUT2D eigenvalue weighted by Gasteiger charge is 2.34. The first-order chi connectivity index (χ1) is 13.4. The first-order valence-electron chi connectivity index (χ1n) is 9.08. The number of ether oxygens (including phenoxy) is 2. The number of rotatable bonds is 7. The van der Waals surface area contributed by atoms with Crippen LogP contribution >= 0.6 is 0 Å². The molecule has 6 nitrogen and oxygen atoms in total. The van der Waals surface area contributed by atoms with Crippen LogP contribution in [0.1, 0.15) is 13.8 Å². The third-order valence-electron chi connectivity index (χ3n) is 4.31. The second-order valence-electron chi connectivity index (χ2n) is 6.43. The van der Waals surface area contributed by atoms with Crippen LogP contribution in [0.3, 0.4) is 0 Å². The Labute approximate surface area is 165 Å². The summed E-state index contributed by atoms with van der Waals surface area (Å²) in [6.07, 6.45) is 0.754. The number of carbonyl (C=O) groups excluding carboxylic acids is 1. The molecular formula is C21H23NO5S. The largest absolute Gasteiger partial charge is 0.494 e. The van der Waals surface area contributed by atoms with Crippen LogP contribution in [0.25, 0.3) is 0 Å². The maximum absolute atomic E-state index is 13.2. The summed E-state index contributed by atoms with van der Waals surface area (Å²) in [5.74, 6) is 0.787. The lowest BCUT2D eigenvalue weighted by Crippen LogP contribution is -2.47. The zero-order chi connectivity index (χ0) is 20.1. The van der Waals surface area contributed by atoms with E-state index >= 15 is 0 Å². The Kier molecular flexibility index (Phi) is 6.04. The van der Waals surface area contributed by atoms with Crippen LogP contribution in [0.2, 0.25) is 0 Å². The van der Waals surface area contributed by atoms with Gasteiger partial charge in [-0.2, -0.15) is 0 Å². The van der Waals surface area contributed by atoms with Gasteiger partial charge in [-0.15, -0.1) is 0 Å². The van der Waals surface area contributed by atoms with Gasteiger partial charge in [0.1, 0.15) is 11.5 Å². The predicted octanol–water partition coefficient (Wildman–Crippen LogP) is 3.20. The van der Waals surface area contributed by atoms with Crippen molar-refractivity contribution in [3.8, 4) is 11.5 Å². The summed E-state index contributed by atoms with van der Waals surface area (Å²) in [5, 5.41) is 1.16. The minimum absolute atomic E-state index is 0.149. The van der Waals surface area contributed by atoms with E-state index < -0.39 is 22.0 Å². The van der Waals surface area contributed by atoms with E-state index in [2.05, 4.69) is 0 Å². The second kappa shape index (κ2) is 8.48. The summed E-state index contributed by atoms with van der Waals surface area (Å²) in [7, 11) is -3.32. The standard InChI is InChI=1S/C21H23NO5S/c1-3-26-19-11-9-17(10-12-19)22(18-13-14-28(24,25)15-18)21(23)16(2)27-20-7-5-4-6-8-20/h4-14,16,18H,3,15H2,1-2H3. The third-order valence-corrected chi connectivity index (χ3v) is 5.69. The SMILES string of the molecule is CCOc1ccc(N(C(=O)C(C)Oc2ccccc2)C2C=CS(=O)(=O)C2)cc1. The molecule has 1 aliphatic rings. The molecule has 2 unspecified atom stereocenters. The summed E-state index contributed by atoms with van der Waals surface area (Å²) in [6.45, 7) is 4.08. The summed E-state index contributed by atoms with van der Waals surface area (Å²) < 4.78 is 35.1. The smallest absolute Gasteiger partial charge is 0.268 e. The number of anilines is 1. The molecule has 1 aliphatic heterocycles. The van der Waals surface area contributed by atoms with Gasteiger partial charge in [0.15, 0.2) is 15.9 Å². The molecule has 0 aliphatic carbocycles. The van der Waals surface area contributed by atoms with Crippen molar-refractivity contribution >= 4 is 21.4 Å². The highest BCUT2D eigenvalue weighted by molar-refractivity contribution is 7.94. The van der Waals surface area contributed by atoms with Crippen LogP contribution in [-0.4, -0.2) is 38.8 Å². The molecule has 0 aromatic heterocycles. The fourth-order valence-electron chi connectivity index (χ4n) is 3.02. The van der Waals surface area contributed by atoms with Gasteiger partial charge in [-0.25, -0.2) is 8.42 Å². The van der Waals surface area contributed by atoms with E-state index in [0.29, 0.717) is 23.8 Å². The fourth-order valence-corrected chi connectivity index (χ4v) is 4.29. The molecule has 1 amide bonds. The van der Waals surface area contributed by atoms with Crippen LogP contribution in [0.4, 0.5) is 5.69 Å². The first kappa shape index (κ1) is 19.9. The molecular weight excluding hydrogens is 378 g/mol. The van der Waals surface area contributed by atoms with E-state index in [1.807, 2.05) is 25.1 Å². The average Bonchev–Trinajstić information content (AvgIpc) is 3.03. The van der Waals surface area contributed by atoms with Crippen molar-refractivity contribution in [3.63, 3.8) is 0 Å². The summed E-state index contributed by atoms with van der Waals surface area (Å²) >= 11 is 0. The van der Waals surface area contributed by atoms with Crippen LogP contribution in [-0.2, 0) is 14.6 Å². The Morgan fingerprint density at radius 2 is 1.79 bits per heavy atom. The molecule has 3 rings (SSSR count).